The number of nitrogens with zero attached hydrogens (tertiary/aromatic N) is 1. The minimum absolute atomic E-state index is 0.142. The van der Waals surface area contributed by atoms with Gasteiger partial charge in [-0.2, -0.15) is 0 Å². The van der Waals surface area contributed by atoms with Crippen molar-refractivity contribution in [2.24, 2.45) is 0 Å². The van der Waals surface area contributed by atoms with Crippen LogP contribution in [0.1, 0.15) is 330 Å². The van der Waals surface area contributed by atoms with Gasteiger partial charge < -0.3 is 18.2 Å². The van der Waals surface area contributed by atoms with Crippen LogP contribution in [0.15, 0.2) is 213 Å². The molecule has 0 saturated carbocycles. The van der Waals surface area contributed by atoms with Crippen LogP contribution >= 0.6 is 0 Å². The van der Waals surface area contributed by atoms with E-state index in [2.05, 4.69) is 288 Å². The molecule has 0 saturated heterocycles. The number of furan rings is 3. The first-order valence-corrected chi connectivity index (χ1v) is 48.1. The van der Waals surface area contributed by atoms with E-state index >= 15 is 0 Å². The summed E-state index contributed by atoms with van der Waals surface area (Å²) in [6.07, 6.45) is 35.1. The number of hydrogen-bond acceptors (Lipinski definition) is 4. The van der Waals surface area contributed by atoms with Crippen LogP contribution in [0.5, 0.6) is 0 Å². The third kappa shape index (κ3) is 11.7. The number of hydrogen-bond donors (Lipinski definition) is 0. The van der Waals surface area contributed by atoms with Crippen LogP contribution in [0.4, 0.5) is 17.1 Å². The highest BCUT2D eigenvalue weighted by molar-refractivity contribution is 6.23. The monoisotopic (exact) mass is 1600 g/mol. The smallest absolute Gasteiger partial charge is 0.144 e. The second-order valence-electron chi connectivity index (χ2n) is 40.4. The Bertz CT molecular complexity index is 6650. The van der Waals surface area contributed by atoms with Crippen LogP contribution in [0.25, 0.3) is 133 Å². The molecule has 0 atom stereocenters. The Kier molecular flexibility index (Phi) is 19.7. The SMILES string of the molecule is CCCCCCCCC1(CCCCCCCC)c2cc(N(c3ccc4c(c3)C(C)(C)c3c5c(c6c(oc7ccccc76)c3-4)-c3ccccc3C5(C)C)c3ccc4c(c3)C(C)(C)c3c5c(c6oc7ccccc7c6c3-4)-c3ccccc3C5(C)C)ccc2-c2cc3c(cc21)-c1c(ccc2oc4ccccc4c12)C3(CCCCCCCC)CCCCCCCC. The van der Waals surface area contributed by atoms with E-state index in [-0.39, 0.29) is 21.7 Å². The molecule has 0 spiro atoms. The van der Waals surface area contributed by atoms with Crippen LogP contribution in [0.2, 0.25) is 0 Å². The fourth-order valence-electron chi connectivity index (χ4n) is 25.8. The standard InChI is InChI=1S/C118H125NO3/c1-13-17-21-25-29-43-65-117(66-44-30-26-22-18-14-2)89-63-64-98-100(82-49-35-40-54-95(82)120-98)99(89)86-73-93-85(72-94(86)117)77-60-57-76(71-92(77)118(93,67-45-31-27-23-19-15-3)68-46-32-28-24-20-16-4)119(74-58-61-80-90(69-74)115(9,10)108-102(80)104-84-51-37-42-56-97(84)121-111(104)105-79-48-34-39-53-88(79)114(7,8)109(105)108)75-59-62-81-91(70-75)116(11,12)110-106(81)112-103(83-50-36-41-55-96(83)122-112)101-78-47-33-38-52-87(78)113(5,6)107(101)110/h33-42,47-64,69-73H,13-32,43-46,65-68H2,1-12H3. The highest BCUT2D eigenvalue weighted by Gasteiger charge is 2.54. The van der Waals surface area contributed by atoms with Gasteiger partial charge >= 0.3 is 0 Å². The summed E-state index contributed by atoms with van der Waals surface area (Å²) < 4.78 is 21.7. The van der Waals surface area contributed by atoms with Crippen molar-refractivity contribution < 1.29 is 13.3 Å². The van der Waals surface area contributed by atoms with Crippen LogP contribution in [0, 0.1) is 0 Å². The first kappa shape index (κ1) is 79.0. The fourth-order valence-corrected chi connectivity index (χ4v) is 25.8. The molecule has 122 heavy (non-hydrogen) atoms. The fraction of sp³-hybridized carbons (Fsp3) is 0.390. The zero-order valence-corrected chi connectivity index (χ0v) is 75.0. The van der Waals surface area contributed by atoms with Gasteiger partial charge in [-0.3, -0.25) is 0 Å². The number of para-hydroxylation sites is 3. The minimum atomic E-state index is -0.427. The molecule has 0 bridgehead atoms. The first-order chi connectivity index (χ1) is 59.4. The second kappa shape index (κ2) is 30.4. The van der Waals surface area contributed by atoms with Gasteiger partial charge in [0, 0.05) is 93.0 Å². The van der Waals surface area contributed by atoms with Crippen LogP contribution in [-0.2, 0) is 32.5 Å². The maximum atomic E-state index is 7.39. The van der Waals surface area contributed by atoms with Crippen LogP contribution < -0.4 is 4.90 Å². The molecule has 4 heteroatoms. The Balaban J connectivity index is 0.807. The Hall–Kier alpha value is -10.2. The maximum Gasteiger partial charge on any atom is 0.144 e. The second-order valence-corrected chi connectivity index (χ2v) is 40.4. The number of benzene rings is 12. The van der Waals surface area contributed by atoms with Gasteiger partial charge in [0.2, 0.25) is 0 Å². The van der Waals surface area contributed by atoms with E-state index in [4.69, 9.17) is 13.3 Å². The third-order valence-corrected chi connectivity index (χ3v) is 31.7. The molecule has 12 aromatic carbocycles. The quantitative estimate of drug-likeness (QED) is 0.0406. The van der Waals surface area contributed by atoms with Gasteiger partial charge in [-0.15, -0.1) is 0 Å². The summed E-state index contributed by atoms with van der Waals surface area (Å²) >= 11 is 0. The molecule has 0 unspecified atom stereocenters. The van der Waals surface area contributed by atoms with Crippen molar-refractivity contribution in [3.63, 3.8) is 0 Å². The zero-order valence-electron chi connectivity index (χ0n) is 75.0. The molecule has 3 heterocycles. The van der Waals surface area contributed by atoms with Gasteiger partial charge in [0.25, 0.3) is 0 Å². The molecule has 6 aliphatic rings. The molecule has 3 aromatic heterocycles. The Labute approximate surface area is 725 Å². The van der Waals surface area contributed by atoms with Crippen molar-refractivity contribution in [1.82, 2.24) is 0 Å². The normalized spacial score (nSPS) is 16.0. The lowest BCUT2D eigenvalue weighted by atomic mass is 9.68. The van der Waals surface area contributed by atoms with Gasteiger partial charge in [0.1, 0.15) is 33.5 Å². The summed E-state index contributed by atoms with van der Waals surface area (Å²) in [6, 6.07) is 79.2. The summed E-state index contributed by atoms with van der Waals surface area (Å²) in [4.78, 5) is 2.74. The summed E-state index contributed by atoms with van der Waals surface area (Å²) in [5, 5.41) is 7.41. The molecule has 0 aliphatic heterocycles. The molecule has 0 amide bonds. The lowest BCUT2D eigenvalue weighted by molar-refractivity contribution is 0.394. The van der Waals surface area contributed by atoms with E-state index < -0.39 is 10.8 Å². The van der Waals surface area contributed by atoms with Crippen molar-refractivity contribution in [2.75, 3.05) is 4.90 Å². The average molecular weight is 1610 g/mol. The highest BCUT2D eigenvalue weighted by Crippen LogP contribution is 2.69. The summed E-state index contributed by atoms with van der Waals surface area (Å²) in [5.41, 5.74) is 41.3. The molecule has 0 radical (unpaired) electrons. The van der Waals surface area contributed by atoms with Gasteiger partial charge in [-0.1, -0.05) is 365 Å². The minimum Gasteiger partial charge on any atom is -0.456 e. The first-order valence-electron chi connectivity index (χ1n) is 48.1. The lowest BCUT2D eigenvalue weighted by Gasteiger charge is -2.35. The molecule has 21 rings (SSSR count). The largest absolute Gasteiger partial charge is 0.456 e. The van der Waals surface area contributed by atoms with Crippen molar-refractivity contribution in [3.8, 4) is 66.8 Å². The number of anilines is 3. The van der Waals surface area contributed by atoms with E-state index in [1.165, 1.54) is 320 Å². The van der Waals surface area contributed by atoms with Gasteiger partial charge in [-0.05, 0) is 221 Å². The van der Waals surface area contributed by atoms with Crippen LogP contribution in [0.3, 0.4) is 0 Å². The Morgan fingerprint density at radius 3 is 1.02 bits per heavy atom. The highest BCUT2D eigenvalue weighted by atomic mass is 16.3. The summed E-state index contributed by atoms with van der Waals surface area (Å²) in [6.45, 7) is 29.5. The topological polar surface area (TPSA) is 42.7 Å². The van der Waals surface area contributed by atoms with E-state index in [1.807, 2.05) is 0 Å². The van der Waals surface area contributed by atoms with E-state index in [0.717, 1.165) is 59.2 Å². The van der Waals surface area contributed by atoms with Crippen LogP contribution in [-0.4, -0.2) is 0 Å². The van der Waals surface area contributed by atoms with Gasteiger partial charge in [-0.25, -0.2) is 0 Å². The van der Waals surface area contributed by atoms with E-state index in [9.17, 15) is 0 Å². The summed E-state index contributed by atoms with van der Waals surface area (Å²) in [5.74, 6) is 0. The van der Waals surface area contributed by atoms with Crippen molar-refractivity contribution >= 4 is 82.9 Å². The van der Waals surface area contributed by atoms with Crippen molar-refractivity contribution in [3.05, 3.63) is 267 Å². The number of fused-ring (bicyclic) bond motifs is 34. The van der Waals surface area contributed by atoms with Gasteiger partial charge in [0.05, 0.1) is 0 Å². The van der Waals surface area contributed by atoms with Crippen molar-refractivity contribution in [1.29, 1.82) is 0 Å². The Morgan fingerprint density at radius 2 is 0.557 bits per heavy atom. The van der Waals surface area contributed by atoms with E-state index in [0.29, 0.717) is 0 Å². The maximum absolute atomic E-state index is 7.39. The molecular formula is C118H125NO3. The molecule has 6 aliphatic carbocycles. The third-order valence-electron chi connectivity index (χ3n) is 31.7. The zero-order chi connectivity index (χ0) is 83.3. The molecule has 620 valence electrons. The number of rotatable bonds is 31. The molecule has 0 N–H and O–H groups in total. The number of unbranched alkanes of at least 4 members (excludes halogenated alkanes) is 20. The Morgan fingerprint density at radius 1 is 0.230 bits per heavy atom. The molecule has 0 fully saturated rings. The predicted octanol–water partition coefficient (Wildman–Crippen LogP) is 35.6. The lowest BCUT2D eigenvalue weighted by Crippen LogP contribution is -2.27. The molecule has 15 aromatic rings. The van der Waals surface area contributed by atoms with E-state index in [1.54, 1.807) is 16.7 Å². The average Bonchev–Trinajstić information content (AvgIpc) is 1.51. The van der Waals surface area contributed by atoms with Gasteiger partial charge in [0.15, 0.2) is 0 Å². The van der Waals surface area contributed by atoms with Crippen molar-refractivity contribution in [2.45, 2.75) is 295 Å². The summed E-state index contributed by atoms with van der Waals surface area (Å²) in [7, 11) is 0. The molecule has 4 nitrogen and oxygen atoms in total. The predicted molar refractivity (Wildman–Crippen MR) is 518 cm³/mol. The molecular weight excluding hydrogens is 1480 g/mol.